The molecule has 1 heterocycles. The molecule has 0 saturated heterocycles. The van der Waals surface area contributed by atoms with Crippen molar-refractivity contribution in [2.75, 3.05) is 11.9 Å². The van der Waals surface area contributed by atoms with E-state index in [-0.39, 0.29) is 16.7 Å². The highest BCUT2D eigenvalue weighted by Gasteiger charge is 2.26. The number of nitriles is 1. The van der Waals surface area contributed by atoms with Crippen LogP contribution in [0.4, 0.5) is 5.69 Å². The van der Waals surface area contributed by atoms with E-state index in [1.807, 2.05) is 42.1 Å². The van der Waals surface area contributed by atoms with Crippen molar-refractivity contribution in [3.63, 3.8) is 0 Å². The lowest BCUT2D eigenvalue weighted by atomic mass is 9.95. The normalized spacial score (nSPS) is 14.7. The number of allylic oxidation sites excluding steroid dienone is 1. The number of rotatable bonds is 2. The Kier molecular flexibility index (Phi) is 3.30. The second-order valence-corrected chi connectivity index (χ2v) is 5.73. The van der Waals surface area contributed by atoms with Crippen LogP contribution < -0.4 is 15.8 Å². The van der Waals surface area contributed by atoms with Crippen LogP contribution in [-0.2, 0) is 0 Å². The molecule has 0 amide bonds. The minimum atomic E-state index is -0.730. The number of fused-ring (bicyclic) bond motifs is 1. The summed E-state index contributed by atoms with van der Waals surface area (Å²) in [5, 5.41) is 16.8. The van der Waals surface area contributed by atoms with Gasteiger partial charge in [0.25, 0.3) is 0 Å². The Balaban J connectivity index is 2.09. The summed E-state index contributed by atoms with van der Waals surface area (Å²) in [7, 11) is 1.87. The predicted molar refractivity (Wildman–Crippen MR) is 86.8 cm³/mol. The lowest BCUT2D eigenvalue weighted by Gasteiger charge is -2.14. The van der Waals surface area contributed by atoms with Crippen LogP contribution in [0.25, 0.3) is 11.6 Å². The minimum Gasteiger partial charge on any atom is -0.338 e. The van der Waals surface area contributed by atoms with Crippen LogP contribution in [0.1, 0.15) is 11.1 Å². The molecular formula is C16H9N3O2S. The first kappa shape index (κ1) is 14.1. The van der Waals surface area contributed by atoms with Crippen LogP contribution >= 0.6 is 11.8 Å². The molecule has 3 rings (SSSR count). The van der Waals surface area contributed by atoms with E-state index in [4.69, 9.17) is 10.7 Å². The smallest absolute Gasteiger partial charge is 0.236 e. The molecular weight excluding hydrogens is 298 g/mol. The number of thioether (sulfide) groups is 1. The first-order valence-electron chi connectivity index (χ1n) is 6.34. The molecule has 2 aromatic carbocycles. The van der Waals surface area contributed by atoms with Crippen LogP contribution in [0.3, 0.4) is 0 Å². The van der Waals surface area contributed by atoms with Gasteiger partial charge in [-0.25, -0.2) is 0 Å². The number of anilines is 1. The quantitative estimate of drug-likeness (QED) is 0.521. The topological polar surface area (TPSA) is 85.0 Å². The van der Waals surface area contributed by atoms with Crippen LogP contribution in [0.15, 0.2) is 43.8 Å². The van der Waals surface area contributed by atoms with Crippen molar-refractivity contribution in [1.29, 1.82) is 10.7 Å². The molecule has 2 aromatic rings. The van der Waals surface area contributed by atoms with Gasteiger partial charge in [0.2, 0.25) is 10.9 Å². The first-order chi connectivity index (χ1) is 10.6. The van der Waals surface area contributed by atoms with Gasteiger partial charge in [0, 0.05) is 17.5 Å². The Morgan fingerprint density at radius 3 is 2.68 bits per heavy atom. The fourth-order valence-electron chi connectivity index (χ4n) is 2.31. The summed E-state index contributed by atoms with van der Waals surface area (Å²) in [6.45, 7) is 0. The molecule has 0 spiro atoms. The van der Waals surface area contributed by atoms with E-state index in [0.29, 0.717) is 0 Å². The molecule has 106 valence electrons. The van der Waals surface area contributed by atoms with E-state index in [2.05, 4.69) is 0 Å². The SMILES string of the molecule is CN1C(=Cc2c(C(=C=N)C#N)c(=O)c2=O)Sc2ccccc21. The van der Waals surface area contributed by atoms with E-state index >= 15 is 0 Å². The number of hydrogen-bond acceptors (Lipinski definition) is 6. The molecule has 6 heteroatoms. The standard InChI is InChI=1S/C16H9N3O2S/c1-19-11-4-2-3-5-12(11)22-13(19)6-10-14(9(7-17)8-18)16(21)15(10)20/h2-6,17H,1H3. The average molecular weight is 307 g/mol. The zero-order valence-electron chi connectivity index (χ0n) is 11.5. The molecule has 0 saturated carbocycles. The van der Waals surface area contributed by atoms with Crippen LogP contribution in [0.2, 0.25) is 0 Å². The Morgan fingerprint density at radius 1 is 1.32 bits per heavy atom. The summed E-state index contributed by atoms with van der Waals surface area (Å²) < 4.78 is 0. The van der Waals surface area contributed by atoms with E-state index < -0.39 is 10.9 Å². The number of hydrogen-bond donors (Lipinski definition) is 1. The molecule has 1 N–H and O–H groups in total. The summed E-state index contributed by atoms with van der Waals surface area (Å²) in [5.74, 6) is 1.91. The largest absolute Gasteiger partial charge is 0.338 e. The number of para-hydroxylation sites is 1. The van der Waals surface area contributed by atoms with Crippen molar-refractivity contribution in [3.05, 3.63) is 60.9 Å². The van der Waals surface area contributed by atoms with Crippen LogP contribution in [0.5, 0.6) is 0 Å². The fraction of sp³-hybridized carbons (Fsp3) is 0.0625. The van der Waals surface area contributed by atoms with E-state index in [0.717, 1.165) is 15.6 Å². The minimum absolute atomic E-state index is 0.0139. The summed E-state index contributed by atoms with van der Waals surface area (Å²) in [6, 6.07) is 9.51. The number of nitrogens with zero attached hydrogens (tertiary/aromatic N) is 2. The molecule has 0 radical (unpaired) electrons. The van der Waals surface area contributed by atoms with Gasteiger partial charge in [-0.05, 0) is 24.1 Å². The van der Waals surface area contributed by atoms with Crippen LogP contribution in [-0.4, -0.2) is 12.9 Å². The lowest BCUT2D eigenvalue weighted by Crippen LogP contribution is -2.38. The highest BCUT2D eigenvalue weighted by Crippen LogP contribution is 2.45. The zero-order chi connectivity index (χ0) is 15.9. The van der Waals surface area contributed by atoms with Crippen molar-refractivity contribution in [2.24, 2.45) is 0 Å². The zero-order valence-corrected chi connectivity index (χ0v) is 12.3. The predicted octanol–water partition coefficient (Wildman–Crippen LogP) is 1.98. The van der Waals surface area contributed by atoms with Gasteiger partial charge in [0.1, 0.15) is 11.6 Å². The van der Waals surface area contributed by atoms with Gasteiger partial charge in [0.05, 0.1) is 16.3 Å². The van der Waals surface area contributed by atoms with E-state index in [1.165, 1.54) is 11.8 Å². The molecule has 0 aromatic heterocycles. The molecule has 22 heavy (non-hydrogen) atoms. The fourth-order valence-corrected chi connectivity index (χ4v) is 3.41. The molecule has 0 fully saturated rings. The summed E-state index contributed by atoms with van der Waals surface area (Å²) in [5.41, 5.74) is -0.396. The Hall–Kier alpha value is -2.87. The summed E-state index contributed by atoms with van der Waals surface area (Å²) in [4.78, 5) is 26.4. The highest BCUT2D eigenvalue weighted by molar-refractivity contribution is 8.03. The highest BCUT2D eigenvalue weighted by atomic mass is 32.2. The van der Waals surface area contributed by atoms with Gasteiger partial charge in [-0.3, -0.25) is 15.0 Å². The molecule has 0 unspecified atom stereocenters. The summed E-state index contributed by atoms with van der Waals surface area (Å²) in [6.07, 6.45) is 1.60. The third-order valence-electron chi connectivity index (χ3n) is 3.47. The van der Waals surface area contributed by atoms with Gasteiger partial charge in [-0.2, -0.15) is 5.26 Å². The van der Waals surface area contributed by atoms with Gasteiger partial charge in [-0.15, -0.1) is 0 Å². The average Bonchev–Trinajstić information content (AvgIpc) is 2.87. The molecule has 0 bridgehead atoms. The van der Waals surface area contributed by atoms with Gasteiger partial charge < -0.3 is 4.90 Å². The van der Waals surface area contributed by atoms with Crippen molar-refractivity contribution in [1.82, 2.24) is 0 Å². The Morgan fingerprint density at radius 2 is 2.05 bits per heavy atom. The second kappa shape index (κ2) is 5.15. The van der Waals surface area contributed by atoms with Crippen molar-refractivity contribution in [3.8, 4) is 6.07 Å². The van der Waals surface area contributed by atoms with Crippen molar-refractivity contribution >= 4 is 35.0 Å². The van der Waals surface area contributed by atoms with Crippen molar-refractivity contribution < 1.29 is 0 Å². The van der Waals surface area contributed by atoms with Gasteiger partial charge in [-0.1, -0.05) is 23.9 Å². The van der Waals surface area contributed by atoms with Crippen molar-refractivity contribution in [2.45, 2.75) is 4.90 Å². The molecule has 1 aliphatic rings. The van der Waals surface area contributed by atoms with Gasteiger partial charge >= 0.3 is 0 Å². The third-order valence-corrected chi connectivity index (χ3v) is 4.64. The number of nitrogens with one attached hydrogen (secondary N) is 1. The number of benzene rings is 1. The maximum atomic E-state index is 11.8. The Bertz CT molecular complexity index is 984. The maximum Gasteiger partial charge on any atom is 0.236 e. The maximum absolute atomic E-state index is 11.8. The molecule has 0 atom stereocenters. The molecule has 0 aliphatic carbocycles. The van der Waals surface area contributed by atoms with Gasteiger partial charge in [0.15, 0.2) is 0 Å². The first-order valence-corrected chi connectivity index (χ1v) is 7.16. The molecule has 5 nitrogen and oxygen atoms in total. The lowest BCUT2D eigenvalue weighted by molar-refractivity contribution is 1.18. The van der Waals surface area contributed by atoms with E-state index in [9.17, 15) is 9.59 Å². The van der Waals surface area contributed by atoms with Crippen LogP contribution in [0, 0.1) is 16.7 Å². The second-order valence-electron chi connectivity index (χ2n) is 4.67. The Labute approximate surface area is 130 Å². The summed E-state index contributed by atoms with van der Waals surface area (Å²) >= 11 is 1.48. The molecule has 1 aliphatic heterocycles. The van der Waals surface area contributed by atoms with E-state index in [1.54, 1.807) is 12.1 Å². The third kappa shape index (κ3) is 1.92. The monoisotopic (exact) mass is 307 g/mol.